The Kier molecular flexibility index (Phi) is 7.07. The Labute approximate surface area is 200 Å². The SMILES string of the molecule is Cc1ccc(C(C)C)c(OCCCCn2c(-c3ccc(Cl)cc3Cl)nc3ccccc32)c1. The fourth-order valence-corrected chi connectivity index (χ4v) is 4.47. The summed E-state index contributed by atoms with van der Waals surface area (Å²) in [6, 6.07) is 20.2. The molecule has 1 heterocycles. The molecule has 0 saturated heterocycles. The highest BCUT2D eigenvalue weighted by Gasteiger charge is 2.15. The van der Waals surface area contributed by atoms with Gasteiger partial charge in [0, 0.05) is 17.1 Å². The van der Waals surface area contributed by atoms with Crippen molar-refractivity contribution < 1.29 is 4.74 Å². The number of para-hydroxylation sites is 2. The van der Waals surface area contributed by atoms with Crippen LogP contribution in [0.1, 0.15) is 43.7 Å². The number of ether oxygens (including phenoxy) is 1. The first kappa shape index (κ1) is 22.7. The van der Waals surface area contributed by atoms with Gasteiger partial charge in [-0.25, -0.2) is 4.98 Å². The number of unbranched alkanes of at least 4 members (excludes halogenated alkanes) is 1. The van der Waals surface area contributed by atoms with Crippen molar-refractivity contribution >= 4 is 34.2 Å². The number of hydrogen-bond donors (Lipinski definition) is 0. The number of aromatic nitrogens is 2. The lowest BCUT2D eigenvalue weighted by molar-refractivity contribution is 0.299. The summed E-state index contributed by atoms with van der Waals surface area (Å²) in [6.45, 7) is 8.02. The third kappa shape index (κ3) is 4.95. The van der Waals surface area contributed by atoms with E-state index in [-0.39, 0.29) is 0 Å². The van der Waals surface area contributed by atoms with Gasteiger partial charge in [0.15, 0.2) is 0 Å². The van der Waals surface area contributed by atoms with Gasteiger partial charge in [-0.1, -0.05) is 61.3 Å². The van der Waals surface area contributed by atoms with Gasteiger partial charge in [-0.2, -0.15) is 0 Å². The van der Waals surface area contributed by atoms with E-state index < -0.39 is 0 Å². The summed E-state index contributed by atoms with van der Waals surface area (Å²) in [5, 5.41) is 1.23. The Hall–Kier alpha value is -2.49. The van der Waals surface area contributed by atoms with Crippen LogP contribution in [0.4, 0.5) is 0 Å². The topological polar surface area (TPSA) is 27.1 Å². The summed E-state index contributed by atoms with van der Waals surface area (Å²) >= 11 is 12.6. The van der Waals surface area contributed by atoms with Crippen molar-refractivity contribution in [1.29, 1.82) is 0 Å². The third-order valence-corrected chi connectivity index (χ3v) is 6.20. The quantitative estimate of drug-likeness (QED) is 0.244. The molecule has 5 heteroatoms. The lowest BCUT2D eigenvalue weighted by atomic mass is 10.0. The van der Waals surface area contributed by atoms with E-state index in [0.29, 0.717) is 22.6 Å². The van der Waals surface area contributed by atoms with Crippen molar-refractivity contribution in [2.45, 2.75) is 46.1 Å². The molecule has 4 aromatic rings. The molecule has 0 saturated carbocycles. The van der Waals surface area contributed by atoms with Gasteiger partial charge < -0.3 is 9.30 Å². The van der Waals surface area contributed by atoms with Crippen LogP contribution in [0.2, 0.25) is 10.0 Å². The molecular formula is C27H28Cl2N2O. The van der Waals surface area contributed by atoms with Crippen LogP contribution < -0.4 is 4.74 Å². The highest BCUT2D eigenvalue weighted by Crippen LogP contribution is 2.32. The number of benzene rings is 3. The summed E-state index contributed by atoms with van der Waals surface area (Å²) < 4.78 is 8.42. The molecule has 0 radical (unpaired) electrons. The fourth-order valence-electron chi connectivity index (χ4n) is 3.98. The maximum Gasteiger partial charge on any atom is 0.142 e. The zero-order valence-electron chi connectivity index (χ0n) is 18.7. The second-order valence-electron chi connectivity index (χ2n) is 8.45. The van der Waals surface area contributed by atoms with Crippen LogP contribution in [-0.4, -0.2) is 16.2 Å². The van der Waals surface area contributed by atoms with Crippen molar-refractivity contribution in [3.63, 3.8) is 0 Å². The van der Waals surface area contributed by atoms with Gasteiger partial charge in [0.1, 0.15) is 11.6 Å². The standard InChI is InChI=1S/C27H28Cl2N2O/c1-18(2)21-12-10-19(3)16-26(21)32-15-7-6-14-31-25-9-5-4-8-24(25)30-27(31)22-13-11-20(28)17-23(22)29/h4-5,8-13,16-18H,6-7,14-15H2,1-3H3. The molecule has 166 valence electrons. The molecule has 0 N–H and O–H groups in total. The first-order valence-corrected chi connectivity index (χ1v) is 11.8. The monoisotopic (exact) mass is 466 g/mol. The number of aryl methyl sites for hydroxylation is 2. The molecule has 3 aromatic carbocycles. The summed E-state index contributed by atoms with van der Waals surface area (Å²) in [6.07, 6.45) is 1.92. The average Bonchev–Trinajstić information content (AvgIpc) is 3.11. The van der Waals surface area contributed by atoms with E-state index in [4.69, 9.17) is 32.9 Å². The van der Waals surface area contributed by atoms with Gasteiger partial charge in [0.25, 0.3) is 0 Å². The summed E-state index contributed by atoms with van der Waals surface area (Å²) in [7, 11) is 0. The summed E-state index contributed by atoms with van der Waals surface area (Å²) in [4.78, 5) is 4.86. The lowest BCUT2D eigenvalue weighted by Crippen LogP contribution is -2.05. The van der Waals surface area contributed by atoms with Crippen molar-refractivity contribution in [2.75, 3.05) is 6.61 Å². The highest BCUT2D eigenvalue weighted by molar-refractivity contribution is 6.36. The first-order chi connectivity index (χ1) is 15.4. The third-order valence-electron chi connectivity index (χ3n) is 5.65. The minimum Gasteiger partial charge on any atom is -0.493 e. The van der Waals surface area contributed by atoms with E-state index in [9.17, 15) is 0 Å². The van der Waals surface area contributed by atoms with E-state index in [1.807, 2.05) is 30.3 Å². The molecule has 0 amide bonds. The molecule has 0 unspecified atom stereocenters. The zero-order valence-corrected chi connectivity index (χ0v) is 20.2. The summed E-state index contributed by atoms with van der Waals surface area (Å²) in [5.74, 6) is 2.31. The van der Waals surface area contributed by atoms with Gasteiger partial charge in [-0.3, -0.25) is 0 Å². The Bertz CT molecular complexity index is 1230. The Morgan fingerprint density at radius 2 is 1.78 bits per heavy atom. The number of fused-ring (bicyclic) bond motifs is 1. The molecule has 0 aliphatic heterocycles. The minimum absolute atomic E-state index is 0.439. The number of nitrogens with zero attached hydrogens (tertiary/aromatic N) is 2. The van der Waals surface area contributed by atoms with E-state index >= 15 is 0 Å². The van der Waals surface area contributed by atoms with Crippen LogP contribution in [-0.2, 0) is 6.54 Å². The van der Waals surface area contributed by atoms with Crippen LogP contribution >= 0.6 is 23.2 Å². The minimum atomic E-state index is 0.439. The highest BCUT2D eigenvalue weighted by atomic mass is 35.5. The number of rotatable bonds is 8. The lowest BCUT2D eigenvalue weighted by Gasteiger charge is -2.15. The number of hydrogen-bond acceptors (Lipinski definition) is 2. The van der Waals surface area contributed by atoms with Crippen LogP contribution in [0.3, 0.4) is 0 Å². The van der Waals surface area contributed by atoms with Crippen molar-refractivity contribution in [2.24, 2.45) is 0 Å². The molecule has 0 aliphatic rings. The number of imidazole rings is 1. The maximum atomic E-state index is 6.51. The van der Waals surface area contributed by atoms with Gasteiger partial charge in [0.05, 0.1) is 22.7 Å². The molecular weight excluding hydrogens is 439 g/mol. The molecule has 32 heavy (non-hydrogen) atoms. The van der Waals surface area contributed by atoms with Crippen LogP contribution in [0.5, 0.6) is 5.75 Å². The predicted molar refractivity (Wildman–Crippen MR) is 135 cm³/mol. The van der Waals surface area contributed by atoms with E-state index in [1.54, 1.807) is 6.07 Å². The largest absolute Gasteiger partial charge is 0.493 e. The summed E-state index contributed by atoms with van der Waals surface area (Å²) in [5.41, 5.74) is 5.45. The predicted octanol–water partition coefficient (Wildman–Crippen LogP) is 8.30. The average molecular weight is 467 g/mol. The molecule has 0 spiro atoms. The van der Waals surface area contributed by atoms with Gasteiger partial charge in [-0.05, 0) is 73.2 Å². The van der Waals surface area contributed by atoms with Crippen molar-refractivity contribution in [3.8, 4) is 17.1 Å². The first-order valence-electron chi connectivity index (χ1n) is 11.1. The fraction of sp³-hybridized carbons (Fsp3) is 0.296. The number of halogens is 2. The Balaban J connectivity index is 1.49. The van der Waals surface area contributed by atoms with Crippen LogP contribution in [0.25, 0.3) is 22.4 Å². The maximum absolute atomic E-state index is 6.51. The van der Waals surface area contributed by atoms with E-state index in [1.165, 1.54) is 11.1 Å². The van der Waals surface area contributed by atoms with Gasteiger partial charge >= 0.3 is 0 Å². The molecule has 3 nitrogen and oxygen atoms in total. The zero-order chi connectivity index (χ0) is 22.7. The van der Waals surface area contributed by atoms with Crippen LogP contribution in [0.15, 0.2) is 60.7 Å². The molecule has 0 atom stereocenters. The van der Waals surface area contributed by atoms with Crippen molar-refractivity contribution in [1.82, 2.24) is 9.55 Å². The molecule has 4 rings (SSSR count). The van der Waals surface area contributed by atoms with E-state index in [2.05, 4.69) is 49.6 Å². The van der Waals surface area contributed by atoms with Gasteiger partial charge in [0.2, 0.25) is 0 Å². The van der Waals surface area contributed by atoms with Crippen LogP contribution in [0, 0.1) is 6.92 Å². The smallest absolute Gasteiger partial charge is 0.142 e. The second-order valence-corrected chi connectivity index (χ2v) is 9.30. The van der Waals surface area contributed by atoms with E-state index in [0.717, 1.165) is 47.6 Å². The second kappa shape index (κ2) is 9.97. The molecule has 1 aromatic heterocycles. The molecule has 0 aliphatic carbocycles. The van der Waals surface area contributed by atoms with Crippen molar-refractivity contribution in [3.05, 3.63) is 81.8 Å². The normalized spacial score (nSPS) is 11.4. The Morgan fingerprint density at radius 3 is 2.56 bits per heavy atom. The van der Waals surface area contributed by atoms with Gasteiger partial charge in [-0.15, -0.1) is 0 Å². The molecule has 0 fully saturated rings. The molecule has 0 bridgehead atoms. The Morgan fingerprint density at radius 1 is 0.969 bits per heavy atom.